The topological polar surface area (TPSA) is 105 Å². The van der Waals surface area contributed by atoms with E-state index in [0.29, 0.717) is 19.1 Å². The average Bonchev–Trinajstić information content (AvgIpc) is 2.65. The molecular formula is C15H36O7. The molecule has 0 radical (unpaired) electrons. The van der Waals surface area contributed by atoms with Crippen molar-refractivity contribution in [3.05, 3.63) is 0 Å². The number of ether oxygens (including phenoxy) is 3. The summed E-state index contributed by atoms with van der Waals surface area (Å²) in [6.45, 7) is 2.70. The highest BCUT2D eigenvalue weighted by Crippen LogP contribution is 2.20. The molecule has 0 aliphatic carbocycles. The van der Waals surface area contributed by atoms with Crippen LogP contribution in [0.15, 0.2) is 0 Å². The summed E-state index contributed by atoms with van der Waals surface area (Å²) < 4.78 is 15.2. The van der Waals surface area contributed by atoms with Crippen molar-refractivity contribution < 1.29 is 34.3 Å². The number of aldehydes is 1. The first-order valence-corrected chi connectivity index (χ1v) is 7.23. The molecule has 7 nitrogen and oxygen atoms in total. The summed E-state index contributed by atoms with van der Waals surface area (Å²) in [5, 5.41) is 21.0. The zero-order chi connectivity index (χ0) is 18.2. The summed E-state index contributed by atoms with van der Waals surface area (Å²) in [6, 6.07) is 0. The number of carbonyl (C=O) groups is 1. The van der Waals surface area contributed by atoms with Crippen molar-refractivity contribution in [1.29, 1.82) is 0 Å². The maximum atomic E-state index is 9.48. The van der Waals surface area contributed by atoms with Crippen LogP contribution >= 0.6 is 0 Å². The highest BCUT2D eigenvalue weighted by molar-refractivity contribution is 5.49. The van der Waals surface area contributed by atoms with Gasteiger partial charge < -0.3 is 34.3 Å². The number of hydrogen-bond donors (Lipinski definition) is 3. The number of carbonyl (C=O) groups excluding carboxylic acids is 1. The third kappa shape index (κ3) is 24.4. The molecule has 7 heteroatoms. The Balaban J connectivity index is -0.000000117. The van der Waals surface area contributed by atoms with Crippen LogP contribution in [0.5, 0.6) is 0 Å². The molecule has 0 aromatic heterocycles. The Kier molecular flexibility index (Phi) is 43.4. The van der Waals surface area contributed by atoms with E-state index in [4.69, 9.17) is 24.8 Å². The van der Waals surface area contributed by atoms with Crippen LogP contribution in [0.3, 0.4) is 0 Å². The van der Waals surface area contributed by atoms with Gasteiger partial charge in [0.05, 0.1) is 12.7 Å². The minimum Gasteiger partial charge on any atom is -0.400 e. The van der Waals surface area contributed by atoms with Gasteiger partial charge in [-0.15, -0.1) is 0 Å². The van der Waals surface area contributed by atoms with E-state index in [2.05, 4.69) is 11.7 Å². The Bertz CT molecular complexity index is 158. The molecule has 1 rings (SSSR count). The van der Waals surface area contributed by atoms with E-state index in [1.165, 1.54) is 12.8 Å². The first kappa shape index (κ1) is 29.4. The molecule has 1 heterocycles. The van der Waals surface area contributed by atoms with Gasteiger partial charge in [-0.05, 0) is 25.7 Å². The quantitative estimate of drug-likeness (QED) is 0.510. The number of aliphatic hydroxyl groups excluding tert-OH is 3. The van der Waals surface area contributed by atoms with Crippen LogP contribution in [0, 0.1) is 0 Å². The first-order valence-electron chi connectivity index (χ1n) is 7.23. The molecule has 22 heavy (non-hydrogen) atoms. The average molecular weight is 328 g/mol. The summed E-state index contributed by atoms with van der Waals surface area (Å²) in [5.74, 6) is 0. The summed E-state index contributed by atoms with van der Waals surface area (Å²) >= 11 is 0. The van der Waals surface area contributed by atoms with E-state index in [-0.39, 0.29) is 6.29 Å². The minimum absolute atomic E-state index is 0.0682. The largest absolute Gasteiger partial charge is 0.400 e. The van der Waals surface area contributed by atoms with Crippen molar-refractivity contribution in [3.8, 4) is 0 Å². The van der Waals surface area contributed by atoms with Crippen LogP contribution in [0.1, 0.15) is 39.0 Å². The molecule has 0 aromatic rings. The van der Waals surface area contributed by atoms with E-state index in [1.54, 1.807) is 14.2 Å². The molecular weight excluding hydrogens is 292 g/mol. The molecule has 3 N–H and O–H groups in total. The number of methoxy groups -OCH3 is 2. The Labute approximate surface area is 135 Å². The fraction of sp³-hybridized carbons (Fsp3) is 0.933. The monoisotopic (exact) mass is 328 g/mol. The van der Waals surface area contributed by atoms with E-state index in [0.717, 1.165) is 40.5 Å². The maximum absolute atomic E-state index is 9.48. The third-order valence-electron chi connectivity index (χ3n) is 2.47. The van der Waals surface area contributed by atoms with E-state index < -0.39 is 0 Å². The minimum atomic E-state index is 0.0682. The summed E-state index contributed by atoms with van der Waals surface area (Å²) in [6.07, 6.45) is 6.48. The number of rotatable bonds is 5. The van der Waals surface area contributed by atoms with Crippen molar-refractivity contribution >= 4 is 6.29 Å². The van der Waals surface area contributed by atoms with Crippen molar-refractivity contribution in [3.63, 3.8) is 0 Å². The highest BCUT2D eigenvalue weighted by Gasteiger charge is 2.19. The Morgan fingerprint density at radius 3 is 1.95 bits per heavy atom. The van der Waals surface area contributed by atoms with Gasteiger partial charge in [0.1, 0.15) is 6.29 Å². The molecule has 2 unspecified atom stereocenters. The summed E-state index contributed by atoms with van der Waals surface area (Å²) in [7, 11) is 6.28. The molecule has 1 aliphatic heterocycles. The Hall–Kier alpha value is -0.570. The van der Waals surface area contributed by atoms with E-state index >= 15 is 0 Å². The molecule has 1 saturated heterocycles. The second kappa shape index (κ2) is 32.4. The molecule has 0 aromatic carbocycles. The summed E-state index contributed by atoms with van der Waals surface area (Å²) in [4.78, 5) is 9.48. The van der Waals surface area contributed by atoms with Crippen molar-refractivity contribution in [1.82, 2.24) is 0 Å². The zero-order valence-corrected chi connectivity index (χ0v) is 14.9. The van der Waals surface area contributed by atoms with Gasteiger partial charge in [-0.1, -0.05) is 6.92 Å². The van der Waals surface area contributed by atoms with Crippen LogP contribution in [0.2, 0.25) is 0 Å². The van der Waals surface area contributed by atoms with Gasteiger partial charge in [0.2, 0.25) is 0 Å². The lowest BCUT2D eigenvalue weighted by Crippen LogP contribution is -2.28. The molecule has 0 spiro atoms. The Morgan fingerprint density at radius 2 is 1.64 bits per heavy atom. The van der Waals surface area contributed by atoms with Gasteiger partial charge in [0.15, 0.2) is 6.29 Å². The second-order valence-corrected chi connectivity index (χ2v) is 3.71. The molecule has 0 saturated carbocycles. The Morgan fingerprint density at radius 1 is 1.09 bits per heavy atom. The number of hydrogen-bond acceptors (Lipinski definition) is 7. The van der Waals surface area contributed by atoms with Crippen LogP contribution in [0.25, 0.3) is 0 Å². The van der Waals surface area contributed by atoms with Gasteiger partial charge in [0, 0.05) is 42.0 Å². The molecule has 138 valence electrons. The van der Waals surface area contributed by atoms with Crippen LogP contribution in [-0.2, 0) is 19.0 Å². The SMILES string of the molecule is CCC1CCCC(OC)O1.CO.CO.CO.COCCC=O. The van der Waals surface area contributed by atoms with Gasteiger partial charge in [-0.3, -0.25) is 0 Å². The molecule has 0 bridgehead atoms. The molecule has 1 fully saturated rings. The van der Waals surface area contributed by atoms with Crippen molar-refractivity contribution in [2.24, 2.45) is 0 Å². The van der Waals surface area contributed by atoms with Gasteiger partial charge in [0.25, 0.3) is 0 Å². The lowest BCUT2D eigenvalue weighted by atomic mass is 10.1. The van der Waals surface area contributed by atoms with Gasteiger partial charge >= 0.3 is 0 Å². The number of aliphatic hydroxyl groups is 3. The fourth-order valence-electron chi connectivity index (χ4n) is 1.50. The summed E-state index contributed by atoms with van der Waals surface area (Å²) in [5.41, 5.74) is 0. The zero-order valence-electron chi connectivity index (χ0n) is 14.9. The van der Waals surface area contributed by atoms with Crippen LogP contribution in [0.4, 0.5) is 0 Å². The predicted octanol–water partition coefficient (Wildman–Crippen LogP) is 0.985. The van der Waals surface area contributed by atoms with Crippen LogP contribution < -0.4 is 0 Å². The highest BCUT2D eigenvalue weighted by atomic mass is 16.7. The maximum Gasteiger partial charge on any atom is 0.157 e. The smallest absolute Gasteiger partial charge is 0.157 e. The second-order valence-electron chi connectivity index (χ2n) is 3.71. The lowest BCUT2D eigenvalue weighted by Gasteiger charge is -2.27. The van der Waals surface area contributed by atoms with E-state index in [1.807, 2.05) is 0 Å². The predicted molar refractivity (Wildman–Crippen MR) is 86.8 cm³/mol. The normalized spacial score (nSPS) is 18.6. The van der Waals surface area contributed by atoms with E-state index in [9.17, 15) is 4.79 Å². The third-order valence-corrected chi connectivity index (χ3v) is 2.47. The molecule has 1 aliphatic rings. The van der Waals surface area contributed by atoms with Crippen LogP contribution in [-0.4, -0.2) is 76.2 Å². The van der Waals surface area contributed by atoms with Crippen molar-refractivity contribution in [2.75, 3.05) is 42.2 Å². The molecule has 2 atom stereocenters. The fourth-order valence-corrected chi connectivity index (χ4v) is 1.50. The van der Waals surface area contributed by atoms with Crippen molar-refractivity contribution in [2.45, 2.75) is 51.4 Å². The standard InChI is InChI=1S/C8H16O2.C4H8O2.3CH4O/c1-3-7-5-4-6-8(9-2)10-7;1-6-4-2-3-5;3*1-2/h7-8H,3-6H2,1-2H3;3H,2,4H2,1H3;3*2H,1H3. The van der Waals surface area contributed by atoms with Gasteiger partial charge in [-0.2, -0.15) is 0 Å². The van der Waals surface area contributed by atoms with Gasteiger partial charge in [-0.25, -0.2) is 0 Å². The first-order chi connectivity index (χ1) is 10.8. The lowest BCUT2D eigenvalue weighted by molar-refractivity contribution is -0.180. The molecule has 0 amide bonds.